The van der Waals surface area contributed by atoms with Crippen molar-refractivity contribution in [3.05, 3.63) is 35.4 Å². The molecule has 27 heavy (non-hydrogen) atoms. The van der Waals surface area contributed by atoms with Crippen LogP contribution in [0.2, 0.25) is 0 Å². The van der Waals surface area contributed by atoms with Gasteiger partial charge in [-0.1, -0.05) is 12.1 Å². The van der Waals surface area contributed by atoms with Gasteiger partial charge >= 0.3 is 5.97 Å². The first-order valence-electron chi connectivity index (χ1n) is 8.39. The third-order valence-electron chi connectivity index (χ3n) is 3.98. The maximum absolute atomic E-state index is 12.6. The number of carbonyl (C=O) groups is 4. The van der Waals surface area contributed by atoms with Crippen LogP contribution < -0.4 is 5.32 Å². The molecule has 1 N–H and O–H groups in total. The van der Waals surface area contributed by atoms with Crippen molar-refractivity contribution in [2.75, 3.05) is 38.9 Å². The zero-order valence-corrected chi connectivity index (χ0v) is 16.0. The molecule has 2 rings (SSSR count). The summed E-state index contributed by atoms with van der Waals surface area (Å²) >= 11 is 1.48. The number of esters is 1. The van der Waals surface area contributed by atoms with Gasteiger partial charge in [0.15, 0.2) is 6.61 Å². The zero-order chi connectivity index (χ0) is 19.8. The predicted octanol–water partition coefficient (Wildman–Crippen LogP) is 0.710. The quantitative estimate of drug-likeness (QED) is 0.354. The average Bonchev–Trinajstić information content (AvgIpc) is 2.92. The summed E-state index contributed by atoms with van der Waals surface area (Å²) in [6.45, 7) is 0.147. The number of imide groups is 1. The first-order valence-corrected chi connectivity index (χ1v) is 9.78. The Morgan fingerprint density at radius 3 is 2.37 bits per heavy atom. The number of methoxy groups -OCH3 is 1. The fourth-order valence-corrected chi connectivity index (χ4v) is 3.11. The third kappa shape index (κ3) is 5.08. The molecule has 0 fully saturated rings. The van der Waals surface area contributed by atoms with Crippen molar-refractivity contribution < 1.29 is 28.7 Å². The predicted molar refractivity (Wildman–Crippen MR) is 99.6 cm³/mol. The Labute approximate surface area is 161 Å². The second-order valence-electron chi connectivity index (χ2n) is 5.77. The fraction of sp³-hybridized carbons (Fsp3) is 0.444. The van der Waals surface area contributed by atoms with E-state index in [2.05, 4.69) is 5.32 Å². The molecule has 9 heteroatoms. The lowest BCUT2D eigenvalue weighted by Gasteiger charge is -2.24. The summed E-state index contributed by atoms with van der Waals surface area (Å²) in [4.78, 5) is 50.4. The number of ether oxygens (including phenoxy) is 2. The third-order valence-corrected chi connectivity index (χ3v) is 4.62. The molecule has 0 saturated heterocycles. The molecule has 1 aliphatic heterocycles. The van der Waals surface area contributed by atoms with Crippen LogP contribution in [0.5, 0.6) is 0 Å². The summed E-state index contributed by atoms with van der Waals surface area (Å²) in [5.74, 6) is -1.76. The number of benzene rings is 1. The monoisotopic (exact) mass is 394 g/mol. The molecule has 0 spiro atoms. The first kappa shape index (κ1) is 20.9. The normalized spacial score (nSPS) is 14.1. The van der Waals surface area contributed by atoms with Crippen LogP contribution in [0.1, 0.15) is 27.1 Å². The Morgan fingerprint density at radius 2 is 1.81 bits per heavy atom. The standard InChI is InChI=1S/C18H22N2O6S/c1-25-9-8-19-15(21)11-26-18(24)14(7-10-27-2)20-16(22)12-5-3-4-6-13(12)17(20)23/h3-6,14H,7-11H2,1-2H3,(H,19,21)/t14-/m1/s1. The molecule has 1 aliphatic rings. The van der Waals surface area contributed by atoms with Crippen LogP contribution in [-0.2, 0) is 19.1 Å². The van der Waals surface area contributed by atoms with E-state index in [1.54, 1.807) is 24.3 Å². The van der Waals surface area contributed by atoms with E-state index in [0.29, 0.717) is 18.9 Å². The molecule has 0 aliphatic carbocycles. The molecule has 1 heterocycles. The highest BCUT2D eigenvalue weighted by molar-refractivity contribution is 7.98. The zero-order valence-electron chi connectivity index (χ0n) is 15.2. The van der Waals surface area contributed by atoms with Crippen LogP contribution >= 0.6 is 11.8 Å². The van der Waals surface area contributed by atoms with Gasteiger partial charge in [-0.05, 0) is 30.6 Å². The highest BCUT2D eigenvalue weighted by atomic mass is 32.2. The Hall–Kier alpha value is -2.39. The van der Waals surface area contributed by atoms with E-state index in [0.717, 1.165) is 4.90 Å². The molecule has 0 aromatic heterocycles. The van der Waals surface area contributed by atoms with Crippen molar-refractivity contribution in [3.8, 4) is 0 Å². The summed E-state index contributed by atoms with van der Waals surface area (Å²) in [6, 6.07) is 5.35. The second kappa shape index (κ2) is 10.1. The lowest BCUT2D eigenvalue weighted by Crippen LogP contribution is -2.46. The van der Waals surface area contributed by atoms with E-state index < -0.39 is 36.3 Å². The number of thioether (sulfide) groups is 1. The van der Waals surface area contributed by atoms with Crippen molar-refractivity contribution >= 4 is 35.5 Å². The van der Waals surface area contributed by atoms with Crippen molar-refractivity contribution in [3.63, 3.8) is 0 Å². The molecule has 1 atom stereocenters. The summed E-state index contributed by atoms with van der Waals surface area (Å²) in [7, 11) is 1.50. The van der Waals surface area contributed by atoms with E-state index in [9.17, 15) is 19.2 Å². The summed E-state index contributed by atoms with van der Waals surface area (Å²) < 4.78 is 9.87. The van der Waals surface area contributed by atoms with Crippen molar-refractivity contribution in [2.24, 2.45) is 0 Å². The number of nitrogens with zero attached hydrogens (tertiary/aromatic N) is 1. The van der Waals surface area contributed by atoms with Crippen molar-refractivity contribution in [1.29, 1.82) is 0 Å². The Bertz CT molecular complexity index is 689. The Kier molecular flexibility index (Phi) is 7.81. The van der Waals surface area contributed by atoms with Crippen LogP contribution in [0.25, 0.3) is 0 Å². The Balaban J connectivity index is 2.07. The fourth-order valence-electron chi connectivity index (χ4n) is 2.65. The van der Waals surface area contributed by atoms with E-state index in [-0.39, 0.29) is 17.5 Å². The lowest BCUT2D eigenvalue weighted by molar-refractivity contribution is -0.152. The molecule has 146 valence electrons. The van der Waals surface area contributed by atoms with Gasteiger partial charge in [-0.25, -0.2) is 4.79 Å². The maximum atomic E-state index is 12.6. The van der Waals surface area contributed by atoms with Gasteiger partial charge in [0, 0.05) is 13.7 Å². The summed E-state index contributed by atoms with van der Waals surface area (Å²) in [6.07, 6.45) is 2.10. The number of hydrogen-bond acceptors (Lipinski definition) is 7. The molecule has 1 aromatic carbocycles. The number of amides is 3. The van der Waals surface area contributed by atoms with Gasteiger partial charge in [0.25, 0.3) is 17.7 Å². The number of fused-ring (bicyclic) bond motifs is 1. The van der Waals surface area contributed by atoms with Gasteiger partial charge in [0.1, 0.15) is 6.04 Å². The van der Waals surface area contributed by atoms with Crippen LogP contribution in [0.3, 0.4) is 0 Å². The molecule has 8 nitrogen and oxygen atoms in total. The molecule has 0 unspecified atom stereocenters. The van der Waals surface area contributed by atoms with Crippen molar-refractivity contribution in [2.45, 2.75) is 12.5 Å². The molecular formula is C18H22N2O6S. The van der Waals surface area contributed by atoms with Crippen LogP contribution in [-0.4, -0.2) is 73.5 Å². The van der Waals surface area contributed by atoms with Gasteiger partial charge in [-0.15, -0.1) is 0 Å². The number of nitrogens with one attached hydrogen (secondary N) is 1. The number of hydrogen-bond donors (Lipinski definition) is 1. The molecule has 0 bridgehead atoms. The van der Waals surface area contributed by atoms with Gasteiger partial charge in [0.05, 0.1) is 17.7 Å². The minimum Gasteiger partial charge on any atom is -0.454 e. The maximum Gasteiger partial charge on any atom is 0.329 e. The molecule has 0 radical (unpaired) electrons. The van der Waals surface area contributed by atoms with Crippen molar-refractivity contribution in [1.82, 2.24) is 10.2 Å². The SMILES string of the molecule is COCCNC(=O)COC(=O)[C@@H](CCSC)N1C(=O)c2ccccc2C1=O. The average molecular weight is 394 g/mol. The van der Waals surface area contributed by atoms with Crippen LogP contribution in [0, 0.1) is 0 Å². The van der Waals surface area contributed by atoms with Crippen LogP contribution in [0.15, 0.2) is 24.3 Å². The highest BCUT2D eigenvalue weighted by Gasteiger charge is 2.43. The van der Waals surface area contributed by atoms with Gasteiger partial charge in [-0.3, -0.25) is 19.3 Å². The smallest absolute Gasteiger partial charge is 0.329 e. The number of carbonyl (C=O) groups excluding carboxylic acids is 4. The van der Waals surface area contributed by atoms with Gasteiger partial charge < -0.3 is 14.8 Å². The molecule has 3 amide bonds. The summed E-state index contributed by atoms with van der Waals surface area (Å²) in [5, 5.41) is 2.53. The van der Waals surface area contributed by atoms with Gasteiger partial charge in [-0.2, -0.15) is 11.8 Å². The van der Waals surface area contributed by atoms with Gasteiger partial charge in [0.2, 0.25) is 0 Å². The molecular weight excluding hydrogens is 372 g/mol. The highest BCUT2D eigenvalue weighted by Crippen LogP contribution is 2.26. The molecule has 1 aromatic rings. The van der Waals surface area contributed by atoms with Crippen LogP contribution in [0.4, 0.5) is 0 Å². The largest absolute Gasteiger partial charge is 0.454 e. The lowest BCUT2D eigenvalue weighted by atomic mass is 10.1. The minimum atomic E-state index is -1.07. The van der Waals surface area contributed by atoms with E-state index in [4.69, 9.17) is 9.47 Å². The topological polar surface area (TPSA) is 102 Å². The van der Waals surface area contributed by atoms with E-state index in [1.165, 1.54) is 18.9 Å². The van der Waals surface area contributed by atoms with E-state index >= 15 is 0 Å². The first-order chi connectivity index (χ1) is 13.0. The minimum absolute atomic E-state index is 0.247. The summed E-state index contributed by atoms with van der Waals surface area (Å²) in [5.41, 5.74) is 0.531. The number of rotatable bonds is 10. The van der Waals surface area contributed by atoms with E-state index in [1.807, 2.05) is 6.26 Å². The molecule has 0 saturated carbocycles. The second-order valence-corrected chi connectivity index (χ2v) is 6.76. The Morgan fingerprint density at radius 1 is 1.19 bits per heavy atom.